The Hall–Kier alpha value is -6.63. The number of aromatic nitrogens is 3. The minimum Gasteiger partial charge on any atom is -0.493 e. The number of anilines is 1. The second-order valence-electron chi connectivity index (χ2n) is 22.8. The van der Waals surface area contributed by atoms with Crippen LogP contribution in [0.1, 0.15) is 139 Å². The molecule has 0 spiro atoms. The molecule has 1 aliphatic rings. The highest BCUT2D eigenvalue weighted by Gasteiger charge is 2.44. The van der Waals surface area contributed by atoms with Crippen LogP contribution in [0.3, 0.4) is 0 Å². The number of rotatable bonds is 23. The van der Waals surface area contributed by atoms with E-state index in [1.807, 2.05) is 109 Å². The van der Waals surface area contributed by atoms with Gasteiger partial charge in [-0.05, 0) is 112 Å². The molecular formula is C61H80N8O8S2. The number of benzene rings is 3. The van der Waals surface area contributed by atoms with Gasteiger partial charge in [0.2, 0.25) is 17.7 Å². The Morgan fingerprint density at radius 3 is 2.27 bits per heavy atom. The zero-order valence-electron chi connectivity index (χ0n) is 48.1. The van der Waals surface area contributed by atoms with E-state index in [-0.39, 0.29) is 55.8 Å². The second-order valence-corrected chi connectivity index (χ2v) is 24.6. The molecule has 1 aliphatic heterocycles. The first-order valence-electron chi connectivity index (χ1n) is 27.4. The van der Waals surface area contributed by atoms with Crippen molar-refractivity contribution in [1.82, 2.24) is 35.4 Å². The monoisotopic (exact) mass is 1120 g/mol. The van der Waals surface area contributed by atoms with Crippen LogP contribution in [-0.4, -0.2) is 105 Å². The highest BCUT2D eigenvalue weighted by molar-refractivity contribution is 7.13. The third-order valence-corrected chi connectivity index (χ3v) is 16.3. The van der Waals surface area contributed by atoms with Crippen LogP contribution in [0.5, 0.6) is 11.5 Å². The van der Waals surface area contributed by atoms with Crippen LogP contribution in [0.15, 0.2) is 71.6 Å². The van der Waals surface area contributed by atoms with Crippen LogP contribution >= 0.6 is 22.7 Å². The molecule has 1 fully saturated rings. The molecule has 1 saturated heterocycles. The van der Waals surface area contributed by atoms with Crippen molar-refractivity contribution in [2.75, 3.05) is 33.1 Å². The highest BCUT2D eigenvalue weighted by atomic mass is 32.1. The fraction of sp³-hybridized carbons (Fsp3) is 0.492. The van der Waals surface area contributed by atoms with E-state index in [0.717, 1.165) is 91.8 Å². The first-order chi connectivity index (χ1) is 37.5. The standard InChI is InChI=1S/C61H80N8O8S2/c1-37(50-29-43(35-78-50)45-22-20-19-21-42(45)33-68(10)59(74)77-61(7,8)9)64-56-47-31-49(75-11)53(76-12)46(52(47)65-39(3)66-56)23-17-15-13-14-16-18-24-51(71)67-55(60(4,5)6)58(73)69-34-44(70)30-48(69)57(72)62-32-40-25-27-41(28-26-40)54-38(2)63-36-79-54/h19-22,25-29,31,35-37,44,48,55,70H,13-18,23-24,30,32-34H2,1-12H3,(H,62,72)(H,67,71)(H,64,65,66)/t37-,44+,48-,55+/m0/s1. The number of amides is 4. The Bertz CT molecular complexity index is 3070. The molecule has 0 saturated carbocycles. The number of methoxy groups -OCH3 is 2. The summed E-state index contributed by atoms with van der Waals surface area (Å²) in [6.07, 6.45) is 5.15. The molecule has 0 radical (unpaired) electrons. The maximum Gasteiger partial charge on any atom is 0.410 e. The number of aryl methyl sites for hydroxylation is 3. The Labute approximate surface area is 474 Å². The minimum absolute atomic E-state index is 0.0171. The lowest BCUT2D eigenvalue weighted by Crippen LogP contribution is -2.57. The summed E-state index contributed by atoms with van der Waals surface area (Å²) in [4.78, 5) is 73.5. The van der Waals surface area contributed by atoms with Gasteiger partial charge in [0.1, 0.15) is 29.3 Å². The normalized spacial score (nSPS) is 15.4. The summed E-state index contributed by atoms with van der Waals surface area (Å²) in [6, 6.07) is 18.4. The van der Waals surface area contributed by atoms with Crippen LogP contribution in [0.25, 0.3) is 32.5 Å². The molecule has 6 aromatic rings. The molecule has 4 N–H and O–H groups in total. The number of ether oxygens (including phenoxy) is 3. The van der Waals surface area contributed by atoms with Crippen molar-refractivity contribution in [2.24, 2.45) is 5.41 Å². The topological polar surface area (TPSA) is 197 Å². The summed E-state index contributed by atoms with van der Waals surface area (Å²) < 4.78 is 17.5. The number of thiazole rings is 1. The number of carbonyl (C=O) groups is 4. The van der Waals surface area contributed by atoms with E-state index in [4.69, 9.17) is 24.2 Å². The zero-order valence-corrected chi connectivity index (χ0v) is 49.7. The van der Waals surface area contributed by atoms with Crippen molar-refractivity contribution in [2.45, 2.75) is 163 Å². The first-order valence-corrected chi connectivity index (χ1v) is 29.2. The number of likely N-dealkylation sites (tertiary alicyclic amines) is 1. The van der Waals surface area contributed by atoms with E-state index in [1.54, 1.807) is 48.8 Å². The molecule has 0 unspecified atom stereocenters. The smallest absolute Gasteiger partial charge is 0.410 e. The van der Waals surface area contributed by atoms with Gasteiger partial charge in [-0.1, -0.05) is 95.0 Å². The van der Waals surface area contributed by atoms with E-state index in [2.05, 4.69) is 45.4 Å². The number of β-amino-alcohol motifs (C(OH)–C–C–N with tert-alkyl or cyclic N) is 1. The van der Waals surface area contributed by atoms with Crippen LogP contribution in [-0.2, 0) is 38.6 Å². The fourth-order valence-electron chi connectivity index (χ4n) is 10.0. The average Bonchev–Trinajstić information content (AvgIpc) is 4.24. The van der Waals surface area contributed by atoms with Crippen molar-refractivity contribution < 1.29 is 38.5 Å². The minimum atomic E-state index is -0.881. The van der Waals surface area contributed by atoms with Gasteiger partial charge in [0, 0.05) is 55.4 Å². The number of nitrogens with one attached hydrogen (secondary N) is 3. The quantitative estimate of drug-likeness (QED) is 0.0444. The molecule has 4 heterocycles. The van der Waals surface area contributed by atoms with Crippen molar-refractivity contribution >= 4 is 63.2 Å². The average molecular weight is 1120 g/mol. The number of aliphatic hydroxyl groups excluding tert-OH is 1. The third-order valence-electron chi connectivity index (χ3n) is 14.2. The fourth-order valence-corrected chi connectivity index (χ4v) is 11.8. The summed E-state index contributed by atoms with van der Waals surface area (Å²) in [6.45, 7) is 18.0. The molecule has 16 nitrogen and oxygen atoms in total. The molecule has 3 aromatic carbocycles. The molecule has 4 atom stereocenters. The van der Waals surface area contributed by atoms with Gasteiger partial charge in [-0.15, -0.1) is 22.7 Å². The molecular weight excluding hydrogens is 1040 g/mol. The predicted molar refractivity (Wildman–Crippen MR) is 315 cm³/mol. The zero-order chi connectivity index (χ0) is 57.2. The highest BCUT2D eigenvalue weighted by Crippen LogP contribution is 2.41. The summed E-state index contributed by atoms with van der Waals surface area (Å²) in [5, 5.41) is 23.3. The lowest BCUT2D eigenvalue weighted by atomic mass is 9.85. The van der Waals surface area contributed by atoms with E-state index < -0.39 is 29.2 Å². The van der Waals surface area contributed by atoms with Crippen LogP contribution in [0, 0.1) is 19.3 Å². The van der Waals surface area contributed by atoms with Crippen molar-refractivity contribution in [3.8, 4) is 33.1 Å². The molecule has 7 rings (SSSR count). The number of hydrogen-bond acceptors (Lipinski definition) is 14. The van der Waals surface area contributed by atoms with Crippen molar-refractivity contribution in [3.05, 3.63) is 105 Å². The first kappa shape index (κ1) is 60.0. The number of fused-ring (bicyclic) bond motifs is 1. The number of carbonyl (C=O) groups excluding carboxylic acids is 4. The van der Waals surface area contributed by atoms with Gasteiger partial charge >= 0.3 is 6.09 Å². The number of aliphatic hydroxyl groups is 1. The van der Waals surface area contributed by atoms with Gasteiger partial charge in [-0.25, -0.2) is 19.7 Å². The van der Waals surface area contributed by atoms with E-state index in [0.29, 0.717) is 42.5 Å². The van der Waals surface area contributed by atoms with Gasteiger partial charge in [0.05, 0.1) is 48.0 Å². The van der Waals surface area contributed by atoms with Gasteiger partial charge in [-0.2, -0.15) is 0 Å². The lowest BCUT2D eigenvalue weighted by molar-refractivity contribution is -0.144. The van der Waals surface area contributed by atoms with Crippen LogP contribution < -0.4 is 25.4 Å². The molecule has 0 bridgehead atoms. The Kier molecular flexibility index (Phi) is 20.2. The third kappa shape index (κ3) is 15.6. The predicted octanol–water partition coefficient (Wildman–Crippen LogP) is 11.7. The van der Waals surface area contributed by atoms with Crippen molar-refractivity contribution in [3.63, 3.8) is 0 Å². The summed E-state index contributed by atoms with van der Waals surface area (Å²) in [5.74, 6) is 1.66. The summed E-state index contributed by atoms with van der Waals surface area (Å²) in [5.41, 5.74) is 8.44. The molecule has 4 amide bonds. The molecule has 0 aliphatic carbocycles. The maximum absolute atomic E-state index is 14.2. The van der Waals surface area contributed by atoms with Crippen LogP contribution in [0.2, 0.25) is 0 Å². The van der Waals surface area contributed by atoms with E-state index >= 15 is 0 Å². The second kappa shape index (κ2) is 26.6. The Balaban J connectivity index is 0.903. The SMILES string of the molecule is COc1cc2c(N[C@@H](C)c3cc(-c4ccccc4CN(C)C(=O)OC(C)(C)C)cs3)nc(C)nc2c(CCCCCCCCC(=O)N[C@H](C(=O)N2C[C@H](O)C[C@H]2C(=O)NCc2ccc(-c3scnc3C)cc2)C(C)(C)C)c1OC. The molecule has 3 aromatic heterocycles. The van der Waals surface area contributed by atoms with Crippen LogP contribution in [0.4, 0.5) is 10.6 Å². The van der Waals surface area contributed by atoms with Gasteiger partial charge in [0.15, 0.2) is 11.5 Å². The molecule has 424 valence electrons. The number of nitrogens with zero attached hydrogens (tertiary/aromatic N) is 5. The number of thiophene rings is 1. The number of hydrogen-bond donors (Lipinski definition) is 4. The summed E-state index contributed by atoms with van der Waals surface area (Å²) >= 11 is 3.24. The Morgan fingerprint density at radius 1 is 0.886 bits per heavy atom. The van der Waals surface area contributed by atoms with Gasteiger partial charge in [-0.3, -0.25) is 14.4 Å². The van der Waals surface area contributed by atoms with Gasteiger partial charge in [0.25, 0.3) is 0 Å². The largest absolute Gasteiger partial charge is 0.493 e. The Morgan fingerprint density at radius 2 is 1.59 bits per heavy atom. The van der Waals surface area contributed by atoms with E-state index in [1.165, 1.54) is 4.90 Å². The summed E-state index contributed by atoms with van der Waals surface area (Å²) in [7, 11) is 5.05. The molecule has 79 heavy (non-hydrogen) atoms. The van der Waals surface area contributed by atoms with E-state index in [9.17, 15) is 24.3 Å². The maximum atomic E-state index is 14.2. The number of unbranched alkanes of at least 4 members (excludes halogenated alkanes) is 5. The van der Waals surface area contributed by atoms with Gasteiger partial charge < -0.3 is 45.1 Å². The molecule has 18 heteroatoms. The van der Waals surface area contributed by atoms with Crippen molar-refractivity contribution in [1.29, 1.82) is 0 Å². The lowest BCUT2D eigenvalue weighted by Gasteiger charge is -2.35.